The van der Waals surface area contributed by atoms with Crippen molar-refractivity contribution in [2.24, 2.45) is 0 Å². The maximum atomic E-state index is 9.64. The highest BCUT2D eigenvalue weighted by Gasteiger charge is 2.19. The fourth-order valence-electron chi connectivity index (χ4n) is 1.41. The van der Waals surface area contributed by atoms with Gasteiger partial charge < -0.3 is 5.11 Å². The van der Waals surface area contributed by atoms with E-state index in [1.807, 2.05) is 47.3 Å². The molecule has 0 bridgehead atoms. The van der Waals surface area contributed by atoms with Gasteiger partial charge in [-0.3, -0.25) is 0 Å². The fraction of sp³-hybridized carbons (Fsp3) is 0.0833. The summed E-state index contributed by atoms with van der Waals surface area (Å²) in [4.78, 5) is 0. The molecule has 2 nitrogen and oxygen atoms in total. The zero-order valence-corrected chi connectivity index (χ0v) is 8.80. The third-order valence-corrected chi connectivity index (χ3v) is 2.65. The molecule has 0 aliphatic rings. The van der Waals surface area contributed by atoms with Crippen molar-refractivity contribution in [3.05, 3.63) is 60.4 Å². The largest absolute Gasteiger partial charge is 0.507 e. The van der Waals surface area contributed by atoms with Gasteiger partial charge in [-0.25, -0.2) is 0 Å². The summed E-state index contributed by atoms with van der Waals surface area (Å²) >= 11 is 6.24. The van der Waals surface area contributed by atoms with Crippen molar-refractivity contribution >= 4 is 11.6 Å². The van der Waals surface area contributed by atoms with Crippen LogP contribution in [0.3, 0.4) is 0 Å². The Morgan fingerprint density at radius 2 is 1.67 bits per heavy atom. The smallest absolute Gasteiger partial charge is 0.261 e. The molecular weight excluding hydrogens is 210 g/mol. The summed E-state index contributed by atoms with van der Waals surface area (Å²) in [5.41, 5.74) is 0.322. The molecule has 1 N–H and O–H groups in total. The van der Waals surface area contributed by atoms with Crippen molar-refractivity contribution in [2.45, 2.75) is 5.50 Å². The van der Waals surface area contributed by atoms with Crippen LogP contribution in [0.1, 0.15) is 11.1 Å². The highest BCUT2D eigenvalue weighted by Crippen LogP contribution is 2.25. The predicted molar refractivity (Wildman–Crippen MR) is 58.7 cm³/mol. The van der Waals surface area contributed by atoms with Crippen LogP contribution in [0.2, 0.25) is 0 Å². The van der Waals surface area contributed by atoms with Crippen LogP contribution in [0.5, 0.6) is 5.75 Å². The molecule has 0 spiro atoms. The highest BCUT2D eigenvalue weighted by atomic mass is 35.5. The molecule has 1 heterocycles. The SMILES string of the molecule is Oc1ccccc1[C@@H](Cl)[n+]1ccccc1. The molecule has 0 aliphatic heterocycles. The van der Waals surface area contributed by atoms with Gasteiger partial charge in [-0.2, -0.15) is 4.57 Å². The van der Waals surface area contributed by atoms with E-state index in [1.165, 1.54) is 0 Å². The van der Waals surface area contributed by atoms with Gasteiger partial charge in [-0.15, -0.1) is 0 Å². The van der Waals surface area contributed by atoms with E-state index in [0.717, 1.165) is 0 Å². The van der Waals surface area contributed by atoms with Gasteiger partial charge in [0.2, 0.25) is 0 Å². The minimum absolute atomic E-state index is 0.217. The molecule has 0 unspecified atom stereocenters. The Labute approximate surface area is 93.4 Å². The molecule has 3 heteroatoms. The van der Waals surface area contributed by atoms with Crippen molar-refractivity contribution in [2.75, 3.05) is 0 Å². The van der Waals surface area contributed by atoms with E-state index in [0.29, 0.717) is 5.56 Å². The maximum absolute atomic E-state index is 9.64. The highest BCUT2D eigenvalue weighted by molar-refractivity contribution is 6.19. The molecule has 76 valence electrons. The summed E-state index contributed by atoms with van der Waals surface area (Å²) in [5, 5.41) is 9.64. The molecule has 15 heavy (non-hydrogen) atoms. The summed E-state index contributed by atoms with van der Waals surface area (Å²) in [7, 11) is 0. The third kappa shape index (κ3) is 2.10. The third-order valence-electron chi connectivity index (χ3n) is 2.19. The average molecular weight is 221 g/mol. The predicted octanol–water partition coefficient (Wildman–Crippen LogP) is 2.47. The number of pyridine rings is 1. The van der Waals surface area contributed by atoms with Crippen LogP contribution in [0.4, 0.5) is 0 Å². The van der Waals surface area contributed by atoms with Gasteiger partial charge in [0.15, 0.2) is 12.4 Å². The number of alkyl halides is 1. The Morgan fingerprint density at radius 1 is 1.00 bits per heavy atom. The lowest BCUT2D eigenvalue weighted by Gasteiger charge is -2.06. The first-order chi connectivity index (χ1) is 7.29. The first kappa shape index (κ1) is 9.99. The summed E-state index contributed by atoms with van der Waals surface area (Å²) < 4.78 is 1.83. The van der Waals surface area contributed by atoms with Gasteiger partial charge in [0.25, 0.3) is 5.50 Å². The molecule has 0 saturated carbocycles. The Kier molecular flexibility index (Phi) is 2.88. The number of halogens is 1. The molecule has 0 saturated heterocycles. The van der Waals surface area contributed by atoms with Gasteiger partial charge in [0.1, 0.15) is 5.75 Å². The molecule has 1 aromatic heterocycles. The number of hydrogen-bond acceptors (Lipinski definition) is 1. The number of nitrogens with zero attached hydrogens (tertiary/aromatic N) is 1. The lowest BCUT2D eigenvalue weighted by atomic mass is 10.2. The second kappa shape index (κ2) is 4.32. The van der Waals surface area contributed by atoms with E-state index in [4.69, 9.17) is 11.6 Å². The number of aromatic hydroxyl groups is 1. The van der Waals surface area contributed by atoms with E-state index in [1.54, 1.807) is 12.1 Å². The molecule has 0 radical (unpaired) electrons. The number of phenols is 1. The number of rotatable bonds is 2. The minimum atomic E-state index is -0.382. The standard InChI is InChI=1S/C12H10ClNO/c13-12(14-8-4-1-5-9-14)10-6-2-3-7-11(10)15/h1-9,12H/p+1/t12-/m0/s1. The van der Waals surface area contributed by atoms with Gasteiger partial charge >= 0.3 is 0 Å². The summed E-state index contributed by atoms with van der Waals surface area (Å²) in [5.74, 6) is 0.217. The van der Waals surface area contributed by atoms with Crippen molar-refractivity contribution < 1.29 is 9.67 Å². The van der Waals surface area contributed by atoms with Crippen LogP contribution < -0.4 is 4.57 Å². The first-order valence-electron chi connectivity index (χ1n) is 4.67. The lowest BCUT2D eigenvalue weighted by molar-refractivity contribution is -0.694. The fourth-order valence-corrected chi connectivity index (χ4v) is 1.73. The second-order valence-electron chi connectivity index (χ2n) is 3.22. The lowest BCUT2D eigenvalue weighted by Crippen LogP contribution is -2.35. The number of hydrogen-bond donors (Lipinski definition) is 1. The number of aromatic nitrogens is 1. The van der Waals surface area contributed by atoms with Crippen LogP contribution in [0.15, 0.2) is 54.9 Å². The Hall–Kier alpha value is -1.54. The topological polar surface area (TPSA) is 24.1 Å². The number of benzene rings is 1. The number of phenolic OH excluding ortho intramolecular Hbond substituents is 1. The summed E-state index contributed by atoms with van der Waals surface area (Å²) in [6, 6.07) is 12.8. The van der Waals surface area contributed by atoms with Gasteiger partial charge in [0, 0.05) is 12.1 Å². The van der Waals surface area contributed by atoms with Crippen LogP contribution >= 0.6 is 11.6 Å². The van der Waals surface area contributed by atoms with E-state index < -0.39 is 0 Å². The molecule has 2 aromatic rings. The summed E-state index contributed by atoms with van der Waals surface area (Å²) in [6.45, 7) is 0. The van der Waals surface area contributed by atoms with E-state index in [-0.39, 0.29) is 11.3 Å². The van der Waals surface area contributed by atoms with Crippen LogP contribution in [-0.2, 0) is 0 Å². The summed E-state index contributed by atoms with van der Waals surface area (Å²) in [6.07, 6.45) is 3.73. The van der Waals surface area contributed by atoms with E-state index in [2.05, 4.69) is 0 Å². The van der Waals surface area contributed by atoms with Crippen molar-refractivity contribution in [1.29, 1.82) is 0 Å². The van der Waals surface area contributed by atoms with Crippen LogP contribution in [0.25, 0.3) is 0 Å². The molecular formula is C12H11ClNO+. The van der Waals surface area contributed by atoms with Gasteiger partial charge in [0.05, 0.1) is 5.56 Å². The van der Waals surface area contributed by atoms with Crippen molar-refractivity contribution in [3.63, 3.8) is 0 Å². The molecule has 0 amide bonds. The molecule has 0 aliphatic carbocycles. The minimum Gasteiger partial charge on any atom is -0.507 e. The monoisotopic (exact) mass is 220 g/mol. The van der Waals surface area contributed by atoms with Crippen LogP contribution in [-0.4, -0.2) is 5.11 Å². The van der Waals surface area contributed by atoms with E-state index in [9.17, 15) is 5.11 Å². The Balaban J connectivity index is 2.37. The zero-order chi connectivity index (χ0) is 10.7. The van der Waals surface area contributed by atoms with Gasteiger partial charge in [-0.05, 0) is 23.7 Å². The second-order valence-corrected chi connectivity index (χ2v) is 3.63. The molecule has 1 aromatic carbocycles. The van der Waals surface area contributed by atoms with Crippen LogP contribution in [0, 0.1) is 0 Å². The molecule has 2 rings (SSSR count). The number of para-hydroxylation sites is 1. The van der Waals surface area contributed by atoms with Gasteiger partial charge in [-0.1, -0.05) is 18.2 Å². The normalized spacial score (nSPS) is 12.3. The first-order valence-corrected chi connectivity index (χ1v) is 5.10. The zero-order valence-electron chi connectivity index (χ0n) is 8.05. The Morgan fingerprint density at radius 3 is 2.33 bits per heavy atom. The average Bonchev–Trinajstić information content (AvgIpc) is 2.30. The Bertz CT molecular complexity index is 444. The quantitative estimate of drug-likeness (QED) is 0.610. The molecule has 1 atom stereocenters. The molecule has 0 fully saturated rings. The van der Waals surface area contributed by atoms with Crippen molar-refractivity contribution in [3.8, 4) is 5.75 Å². The van der Waals surface area contributed by atoms with Crippen molar-refractivity contribution in [1.82, 2.24) is 0 Å². The van der Waals surface area contributed by atoms with E-state index >= 15 is 0 Å². The maximum Gasteiger partial charge on any atom is 0.261 e.